The van der Waals surface area contributed by atoms with Crippen LogP contribution in [0.4, 0.5) is 0 Å². The highest BCUT2D eigenvalue weighted by atomic mass is 17.3. The summed E-state index contributed by atoms with van der Waals surface area (Å²) < 4.78 is 45.4. The van der Waals surface area contributed by atoms with Crippen LogP contribution in [0.1, 0.15) is 107 Å². The zero-order valence-electron chi connectivity index (χ0n) is 31.7. The first-order valence-electron chi connectivity index (χ1n) is 19.8. The monoisotopic (exact) mass is 723 g/mol. The average Bonchev–Trinajstić information content (AvgIpc) is 3.47. The molecule has 2 saturated carbocycles. The summed E-state index contributed by atoms with van der Waals surface area (Å²) in [4.78, 5) is 37.8. The molecule has 10 fully saturated rings. The van der Waals surface area contributed by atoms with Crippen molar-refractivity contribution in [1.29, 1.82) is 0 Å². The normalized spacial score (nSPS) is 52.7. The topological polar surface area (TPSA) is 145 Å². The molecule has 0 aromatic carbocycles. The van der Waals surface area contributed by atoms with Gasteiger partial charge in [-0.05, 0) is 82.0 Å². The maximum Gasteiger partial charge on any atom is 0.323 e. The molecule has 290 valence electrons. The third-order valence-electron chi connectivity index (χ3n) is 14.4. The van der Waals surface area contributed by atoms with Crippen molar-refractivity contribution in [1.82, 2.24) is 0 Å². The van der Waals surface area contributed by atoms with E-state index < -0.39 is 66.1 Å². The van der Waals surface area contributed by atoms with Gasteiger partial charge in [-0.2, -0.15) is 0 Å². The highest BCUT2D eigenvalue weighted by molar-refractivity contribution is 5.75. The van der Waals surface area contributed by atoms with Gasteiger partial charge in [-0.1, -0.05) is 41.5 Å². The molecule has 8 heterocycles. The van der Waals surface area contributed by atoms with Crippen LogP contribution >= 0.6 is 0 Å². The van der Waals surface area contributed by atoms with Crippen LogP contribution in [0.25, 0.3) is 0 Å². The van der Waals surface area contributed by atoms with Crippen LogP contribution in [0, 0.1) is 53.3 Å². The van der Waals surface area contributed by atoms with E-state index in [1.165, 1.54) is 0 Å². The van der Waals surface area contributed by atoms with E-state index in [0.717, 1.165) is 51.4 Å². The van der Waals surface area contributed by atoms with E-state index in [0.29, 0.717) is 11.8 Å². The minimum Gasteiger partial charge on any atom is -0.456 e. The summed E-state index contributed by atoms with van der Waals surface area (Å²) in [6, 6.07) is -0.787. The Morgan fingerprint density at radius 2 is 1.14 bits per heavy atom. The van der Waals surface area contributed by atoms with E-state index in [1.807, 2.05) is 27.7 Å². The number of ether oxygens (including phenoxy) is 7. The second kappa shape index (κ2) is 13.4. The number of hydrogen-bond acceptors (Lipinski definition) is 13. The van der Waals surface area contributed by atoms with Crippen LogP contribution in [0.2, 0.25) is 0 Å². The van der Waals surface area contributed by atoms with Gasteiger partial charge in [-0.15, -0.1) is 0 Å². The third-order valence-corrected chi connectivity index (χ3v) is 14.4. The smallest absolute Gasteiger partial charge is 0.323 e. The minimum atomic E-state index is -0.887. The Balaban J connectivity index is 0.987. The zero-order valence-corrected chi connectivity index (χ0v) is 31.7. The lowest BCUT2D eigenvalue weighted by atomic mass is 9.58. The van der Waals surface area contributed by atoms with E-state index in [9.17, 15) is 4.79 Å². The SMILES string of the molecule is CC(C)[C@H](N)C(=O)OC(CO[C@H]1OC2O[C@@]3(C)CC[C@H]4[C@H](C)CC[C@@H]([C@H]1C)[C@@]24OO3)CO[C@H]1O[C@@H]2O[C@@]3(C)CC[C@H]4[C@H](C)CC[C@@H]([C@H]1C)[C@@]24OO3. The molecule has 0 aromatic heterocycles. The van der Waals surface area contributed by atoms with Crippen molar-refractivity contribution in [3.63, 3.8) is 0 Å². The molecule has 8 saturated heterocycles. The van der Waals surface area contributed by atoms with Crippen LogP contribution in [0.3, 0.4) is 0 Å². The Bertz CT molecular complexity index is 1220. The molecule has 10 aliphatic rings. The maximum atomic E-state index is 13.2. The van der Waals surface area contributed by atoms with Crippen molar-refractivity contribution in [2.24, 2.45) is 59.0 Å². The van der Waals surface area contributed by atoms with E-state index in [1.54, 1.807) is 0 Å². The van der Waals surface area contributed by atoms with Gasteiger partial charge in [0.05, 0.1) is 13.2 Å². The van der Waals surface area contributed by atoms with Crippen LogP contribution in [0.15, 0.2) is 0 Å². The molecule has 8 aliphatic heterocycles. The lowest BCUT2D eigenvalue weighted by molar-refractivity contribution is -0.578. The minimum absolute atomic E-state index is 0.0352. The van der Waals surface area contributed by atoms with Gasteiger partial charge in [-0.3, -0.25) is 4.79 Å². The van der Waals surface area contributed by atoms with E-state index in [4.69, 9.17) is 58.4 Å². The maximum absolute atomic E-state index is 13.2. The van der Waals surface area contributed by atoms with Gasteiger partial charge < -0.3 is 38.9 Å². The van der Waals surface area contributed by atoms with Crippen LogP contribution < -0.4 is 5.73 Å². The van der Waals surface area contributed by atoms with Crippen LogP contribution in [0.5, 0.6) is 0 Å². The predicted molar refractivity (Wildman–Crippen MR) is 178 cm³/mol. The molecule has 0 aromatic rings. The predicted octanol–water partition coefficient (Wildman–Crippen LogP) is 5.33. The summed E-state index contributed by atoms with van der Waals surface area (Å²) in [5.74, 6) is -0.830. The zero-order chi connectivity index (χ0) is 36.1. The Morgan fingerprint density at radius 3 is 1.57 bits per heavy atom. The molecule has 2 unspecified atom stereocenters. The van der Waals surface area contributed by atoms with Crippen molar-refractivity contribution in [2.75, 3.05) is 13.2 Å². The summed E-state index contributed by atoms with van der Waals surface area (Å²) in [5.41, 5.74) is 4.85. The van der Waals surface area contributed by atoms with Gasteiger partial charge in [0, 0.05) is 36.5 Å². The molecule has 51 heavy (non-hydrogen) atoms. The van der Waals surface area contributed by atoms with Crippen molar-refractivity contribution in [3.05, 3.63) is 0 Å². The van der Waals surface area contributed by atoms with Gasteiger partial charge in [0.25, 0.3) is 0 Å². The fourth-order valence-corrected chi connectivity index (χ4v) is 11.2. The molecule has 4 bridgehead atoms. The number of fused-ring (bicyclic) bond motifs is 4. The number of nitrogens with two attached hydrogens (primary N) is 1. The number of carbonyl (C=O) groups excluding carboxylic acids is 1. The molecule has 18 atom stereocenters. The molecule has 0 radical (unpaired) electrons. The molecule has 10 rings (SSSR count). The van der Waals surface area contributed by atoms with Crippen LogP contribution in [-0.4, -0.2) is 79.3 Å². The lowest BCUT2D eigenvalue weighted by Gasteiger charge is -2.60. The Labute approximate surface area is 302 Å². The lowest BCUT2D eigenvalue weighted by Crippen LogP contribution is -2.70. The van der Waals surface area contributed by atoms with Crippen molar-refractivity contribution < 1.29 is 57.5 Å². The van der Waals surface area contributed by atoms with Crippen molar-refractivity contribution in [3.8, 4) is 0 Å². The number of esters is 1. The standard InChI is InChI=1S/C38H61NO12/c1-19(2)29(39)30(40)43-24(17-41-31-22(5)27-11-9-20(3)25-13-15-35(7)46-33(44-31)37(25,27)50-48-35)18-42-32-23(6)28-12-10-21(4)26-14-16-36(8)47-34(45-32)38(26,28)51-49-36/h19-29,31-34H,9-18,39H2,1-8H3/t20-,21-,22-,23-,24?,25+,26+,27+,28+,29+,31+,32+,33-,34?,35-,36-,37-,38-/m1/s1. The van der Waals surface area contributed by atoms with Crippen LogP contribution in [-0.2, 0) is 57.5 Å². The van der Waals surface area contributed by atoms with Gasteiger partial charge in [0.15, 0.2) is 36.4 Å². The van der Waals surface area contributed by atoms with Gasteiger partial charge >= 0.3 is 5.97 Å². The number of hydrogen-bond donors (Lipinski definition) is 1. The van der Waals surface area contributed by atoms with Gasteiger partial charge in [0.2, 0.25) is 11.6 Å². The highest BCUT2D eigenvalue weighted by Gasteiger charge is 2.71. The fraction of sp³-hybridized carbons (Fsp3) is 0.974. The molecule has 13 nitrogen and oxygen atoms in total. The Morgan fingerprint density at radius 1 is 0.686 bits per heavy atom. The largest absolute Gasteiger partial charge is 0.456 e. The molecule has 13 heteroatoms. The van der Waals surface area contributed by atoms with Crippen molar-refractivity contribution >= 4 is 5.97 Å². The van der Waals surface area contributed by atoms with E-state index in [2.05, 4.69) is 27.7 Å². The number of carbonyl (C=O) groups is 1. The average molecular weight is 724 g/mol. The Hall–Kier alpha value is -0.970. The fourth-order valence-electron chi connectivity index (χ4n) is 11.2. The first-order chi connectivity index (χ1) is 24.2. The molecule has 2 aliphatic carbocycles. The third kappa shape index (κ3) is 5.95. The van der Waals surface area contributed by atoms with E-state index in [-0.39, 0.29) is 54.6 Å². The molecular weight excluding hydrogens is 662 g/mol. The summed E-state index contributed by atoms with van der Waals surface area (Å²) in [6.45, 7) is 16.5. The first-order valence-corrected chi connectivity index (χ1v) is 19.8. The molecule has 2 spiro atoms. The molecule has 0 amide bonds. The highest BCUT2D eigenvalue weighted by Crippen LogP contribution is 2.62. The first kappa shape index (κ1) is 37.0. The number of rotatable bonds is 9. The summed E-state index contributed by atoms with van der Waals surface area (Å²) in [6.07, 6.45) is 4.14. The van der Waals surface area contributed by atoms with E-state index >= 15 is 0 Å². The van der Waals surface area contributed by atoms with Gasteiger partial charge in [-0.25, -0.2) is 19.6 Å². The summed E-state index contributed by atoms with van der Waals surface area (Å²) in [7, 11) is 0. The van der Waals surface area contributed by atoms with Crippen molar-refractivity contribution in [2.45, 2.75) is 167 Å². The second-order valence-electron chi connectivity index (χ2n) is 18.0. The quantitative estimate of drug-likeness (QED) is 0.242. The second-order valence-corrected chi connectivity index (χ2v) is 18.0. The van der Waals surface area contributed by atoms with Gasteiger partial charge in [0.1, 0.15) is 12.1 Å². The Kier molecular flexibility index (Phi) is 9.68. The molecular formula is C38H61NO12. The molecule has 2 N–H and O–H groups in total. The summed E-state index contributed by atoms with van der Waals surface area (Å²) in [5, 5.41) is 0. The summed E-state index contributed by atoms with van der Waals surface area (Å²) >= 11 is 0.